The van der Waals surface area contributed by atoms with Gasteiger partial charge in [0, 0.05) is 12.4 Å². The average Bonchev–Trinajstić information content (AvgIpc) is 2.96. The van der Waals surface area contributed by atoms with E-state index in [2.05, 4.69) is 10.1 Å². The van der Waals surface area contributed by atoms with E-state index < -0.39 is 0 Å². The minimum atomic E-state index is 0.448. The van der Waals surface area contributed by atoms with Crippen molar-refractivity contribution in [2.45, 2.75) is 6.61 Å². The van der Waals surface area contributed by atoms with Crippen molar-refractivity contribution >= 4 is 0 Å². The van der Waals surface area contributed by atoms with Crippen LogP contribution in [0.3, 0.4) is 0 Å². The van der Waals surface area contributed by atoms with Gasteiger partial charge in [-0.05, 0) is 30.3 Å². The molecule has 0 unspecified atom stereocenters. The molecular weight excluding hydrogens is 238 g/mol. The highest BCUT2D eigenvalue weighted by Gasteiger charge is 2.02. The molecule has 0 radical (unpaired) electrons. The molecule has 0 atom stereocenters. The molecule has 94 valence electrons. The first-order valence-electron chi connectivity index (χ1n) is 6.05. The Bertz CT molecular complexity index is 635. The smallest absolute Gasteiger partial charge is 0.153 e. The van der Waals surface area contributed by atoms with Gasteiger partial charge in [0.05, 0.1) is 0 Å². The summed E-state index contributed by atoms with van der Waals surface area (Å²) < 4.78 is 7.38. The van der Waals surface area contributed by atoms with E-state index in [1.165, 1.54) is 0 Å². The molecule has 0 aliphatic carbocycles. The number of rotatable bonds is 4. The molecule has 0 spiro atoms. The van der Waals surface area contributed by atoms with Crippen LogP contribution in [0.25, 0.3) is 5.82 Å². The Morgan fingerprint density at radius 2 is 1.79 bits per heavy atom. The third-order valence-corrected chi connectivity index (χ3v) is 2.66. The highest BCUT2D eigenvalue weighted by molar-refractivity contribution is 5.22. The Morgan fingerprint density at radius 1 is 0.947 bits per heavy atom. The maximum Gasteiger partial charge on any atom is 0.153 e. The summed E-state index contributed by atoms with van der Waals surface area (Å²) in [5.74, 6) is 1.64. The number of nitrogens with zero attached hydrogens (tertiary/aromatic N) is 3. The van der Waals surface area contributed by atoms with E-state index in [0.717, 1.165) is 17.3 Å². The van der Waals surface area contributed by atoms with Crippen LogP contribution in [-0.4, -0.2) is 14.8 Å². The molecule has 4 nitrogen and oxygen atoms in total. The summed E-state index contributed by atoms with van der Waals surface area (Å²) in [6, 6.07) is 17.4. The summed E-state index contributed by atoms with van der Waals surface area (Å²) in [6.45, 7) is 0.448. The zero-order valence-corrected chi connectivity index (χ0v) is 10.3. The van der Waals surface area contributed by atoms with Crippen molar-refractivity contribution in [3.05, 3.63) is 72.7 Å². The molecule has 3 aromatic rings. The highest BCUT2D eigenvalue weighted by atomic mass is 16.5. The Labute approximate surface area is 111 Å². The first kappa shape index (κ1) is 11.5. The Morgan fingerprint density at radius 3 is 2.58 bits per heavy atom. The molecule has 0 bridgehead atoms. The van der Waals surface area contributed by atoms with Gasteiger partial charge in [0.15, 0.2) is 5.82 Å². The van der Waals surface area contributed by atoms with Crippen molar-refractivity contribution in [3.63, 3.8) is 0 Å². The largest absolute Gasteiger partial charge is 0.487 e. The van der Waals surface area contributed by atoms with E-state index in [1.807, 2.05) is 60.8 Å². The number of para-hydroxylation sites is 1. The standard InChI is InChI=1S/C15H13N3O/c1-2-6-14(7-3-1)19-12-13-9-11-18(17-13)15-8-4-5-10-16-15/h1-11H,12H2. The van der Waals surface area contributed by atoms with Gasteiger partial charge in [0.1, 0.15) is 18.1 Å². The van der Waals surface area contributed by atoms with Crippen LogP contribution in [0.1, 0.15) is 5.69 Å². The fourth-order valence-electron chi connectivity index (χ4n) is 1.73. The third-order valence-electron chi connectivity index (χ3n) is 2.66. The molecule has 0 N–H and O–H groups in total. The van der Waals surface area contributed by atoms with Gasteiger partial charge in [-0.2, -0.15) is 5.10 Å². The second-order valence-electron chi connectivity index (χ2n) is 4.04. The number of ether oxygens (including phenoxy) is 1. The third kappa shape index (κ3) is 2.80. The molecule has 0 saturated heterocycles. The lowest BCUT2D eigenvalue weighted by atomic mass is 10.3. The predicted octanol–water partition coefficient (Wildman–Crippen LogP) is 2.85. The summed E-state index contributed by atoms with van der Waals surface area (Å²) >= 11 is 0. The molecule has 2 heterocycles. The first-order valence-corrected chi connectivity index (χ1v) is 6.05. The number of benzene rings is 1. The SMILES string of the molecule is c1ccc(OCc2ccn(-c3ccccn3)n2)cc1. The number of hydrogen-bond donors (Lipinski definition) is 0. The fraction of sp³-hybridized carbons (Fsp3) is 0.0667. The fourth-order valence-corrected chi connectivity index (χ4v) is 1.73. The van der Waals surface area contributed by atoms with Crippen molar-refractivity contribution in [2.75, 3.05) is 0 Å². The van der Waals surface area contributed by atoms with Gasteiger partial charge >= 0.3 is 0 Å². The number of aromatic nitrogens is 3. The van der Waals surface area contributed by atoms with E-state index in [0.29, 0.717) is 6.61 Å². The lowest BCUT2D eigenvalue weighted by molar-refractivity contribution is 0.300. The summed E-state index contributed by atoms with van der Waals surface area (Å²) in [5.41, 5.74) is 0.870. The van der Waals surface area contributed by atoms with Gasteiger partial charge in [-0.25, -0.2) is 9.67 Å². The van der Waals surface area contributed by atoms with Gasteiger partial charge in [0.25, 0.3) is 0 Å². The summed E-state index contributed by atoms with van der Waals surface area (Å²) in [6.07, 6.45) is 3.63. The Balaban J connectivity index is 1.69. The van der Waals surface area contributed by atoms with Crippen molar-refractivity contribution in [1.29, 1.82) is 0 Å². The zero-order valence-electron chi connectivity index (χ0n) is 10.3. The molecule has 0 fully saturated rings. The monoisotopic (exact) mass is 251 g/mol. The molecule has 0 aliphatic heterocycles. The zero-order chi connectivity index (χ0) is 12.9. The normalized spacial score (nSPS) is 10.3. The molecule has 0 aliphatic rings. The van der Waals surface area contributed by atoms with Crippen molar-refractivity contribution in [2.24, 2.45) is 0 Å². The summed E-state index contributed by atoms with van der Waals surface area (Å²) in [4.78, 5) is 4.24. The maximum atomic E-state index is 5.65. The minimum Gasteiger partial charge on any atom is -0.487 e. The van der Waals surface area contributed by atoms with Gasteiger partial charge in [-0.3, -0.25) is 0 Å². The van der Waals surface area contributed by atoms with E-state index in [9.17, 15) is 0 Å². The van der Waals surface area contributed by atoms with Crippen LogP contribution >= 0.6 is 0 Å². The van der Waals surface area contributed by atoms with Crippen LogP contribution in [0.15, 0.2) is 67.0 Å². The lowest BCUT2D eigenvalue weighted by Gasteiger charge is -2.03. The highest BCUT2D eigenvalue weighted by Crippen LogP contribution is 2.11. The summed E-state index contributed by atoms with van der Waals surface area (Å²) in [5, 5.41) is 4.42. The number of pyridine rings is 1. The molecule has 0 amide bonds. The van der Waals surface area contributed by atoms with Crippen LogP contribution in [0, 0.1) is 0 Å². The Kier molecular flexibility index (Phi) is 3.23. The van der Waals surface area contributed by atoms with Crippen molar-refractivity contribution < 1.29 is 4.74 Å². The number of hydrogen-bond acceptors (Lipinski definition) is 3. The average molecular weight is 251 g/mol. The van der Waals surface area contributed by atoms with Gasteiger partial charge in [-0.1, -0.05) is 24.3 Å². The van der Waals surface area contributed by atoms with E-state index >= 15 is 0 Å². The quantitative estimate of drug-likeness (QED) is 0.715. The molecule has 1 aromatic carbocycles. The lowest BCUT2D eigenvalue weighted by Crippen LogP contribution is -2.00. The molecule has 2 aromatic heterocycles. The van der Waals surface area contributed by atoms with Gasteiger partial charge < -0.3 is 4.74 Å². The topological polar surface area (TPSA) is 39.9 Å². The molecule has 0 saturated carbocycles. The molecule has 19 heavy (non-hydrogen) atoms. The van der Waals surface area contributed by atoms with Crippen LogP contribution in [0.4, 0.5) is 0 Å². The van der Waals surface area contributed by atoms with Crippen molar-refractivity contribution in [1.82, 2.24) is 14.8 Å². The first-order chi connectivity index (χ1) is 9.42. The van der Waals surface area contributed by atoms with Crippen molar-refractivity contribution in [3.8, 4) is 11.6 Å². The van der Waals surface area contributed by atoms with Crippen LogP contribution in [-0.2, 0) is 6.61 Å². The maximum absolute atomic E-state index is 5.65. The van der Waals surface area contributed by atoms with E-state index in [-0.39, 0.29) is 0 Å². The molecule has 4 heteroatoms. The Hall–Kier alpha value is -2.62. The van der Waals surface area contributed by atoms with Crippen LogP contribution < -0.4 is 4.74 Å². The van der Waals surface area contributed by atoms with Gasteiger partial charge in [0.2, 0.25) is 0 Å². The second kappa shape index (κ2) is 5.35. The second-order valence-corrected chi connectivity index (χ2v) is 4.04. The summed E-state index contributed by atoms with van der Waals surface area (Å²) in [7, 11) is 0. The minimum absolute atomic E-state index is 0.448. The van der Waals surface area contributed by atoms with E-state index in [4.69, 9.17) is 4.74 Å². The van der Waals surface area contributed by atoms with Crippen LogP contribution in [0.5, 0.6) is 5.75 Å². The van der Waals surface area contributed by atoms with Gasteiger partial charge in [-0.15, -0.1) is 0 Å². The molecule has 3 rings (SSSR count). The predicted molar refractivity (Wildman–Crippen MR) is 72.1 cm³/mol. The molecular formula is C15H13N3O. The van der Waals surface area contributed by atoms with E-state index in [1.54, 1.807) is 10.9 Å². The van der Waals surface area contributed by atoms with Crippen LogP contribution in [0.2, 0.25) is 0 Å².